The fourth-order valence-electron chi connectivity index (χ4n) is 2.98. The van der Waals surface area contributed by atoms with Crippen molar-refractivity contribution < 1.29 is 9.53 Å². The molecule has 0 fully saturated rings. The van der Waals surface area contributed by atoms with Gasteiger partial charge in [-0.25, -0.2) is 4.68 Å². The standard InChI is InChI=1S/C17H22N4O2S/c1-3-23-16(22)10-15-18-21(17(24)19(15)2)12-20-9-8-13-6-4-5-7-14(13)11-20/h4-7H,3,8-12H2,1-2H3. The van der Waals surface area contributed by atoms with Crippen molar-refractivity contribution in [3.05, 3.63) is 46.0 Å². The summed E-state index contributed by atoms with van der Waals surface area (Å²) < 4.78 is 9.18. The highest BCUT2D eigenvalue weighted by Gasteiger charge is 2.18. The Kier molecular flexibility index (Phi) is 5.11. The lowest BCUT2D eigenvalue weighted by Gasteiger charge is -2.28. The van der Waals surface area contributed by atoms with Gasteiger partial charge in [-0.1, -0.05) is 24.3 Å². The molecule has 1 aromatic carbocycles. The second-order valence-electron chi connectivity index (χ2n) is 5.95. The van der Waals surface area contributed by atoms with E-state index in [1.165, 1.54) is 11.1 Å². The number of hydrogen-bond donors (Lipinski definition) is 0. The van der Waals surface area contributed by atoms with Crippen LogP contribution in [-0.2, 0) is 42.6 Å². The van der Waals surface area contributed by atoms with Gasteiger partial charge in [0.1, 0.15) is 12.2 Å². The Labute approximate surface area is 146 Å². The van der Waals surface area contributed by atoms with Crippen LogP contribution in [0.4, 0.5) is 0 Å². The molecule has 0 saturated heterocycles. The number of rotatable bonds is 5. The lowest BCUT2D eigenvalue weighted by Crippen LogP contribution is -2.32. The molecule has 0 aliphatic carbocycles. The Hall–Kier alpha value is -1.99. The van der Waals surface area contributed by atoms with Crippen molar-refractivity contribution in [1.82, 2.24) is 19.2 Å². The largest absolute Gasteiger partial charge is 0.466 e. The summed E-state index contributed by atoms with van der Waals surface area (Å²) in [5, 5.41) is 4.51. The molecule has 0 atom stereocenters. The van der Waals surface area contributed by atoms with Gasteiger partial charge in [0.25, 0.3) is 0 Å². The Bertz CT molecular complexity index is 796. The van der Waals surface area contributed by atoms with Gasteiger partial charge in [-0.05, 0) is 36.7 Å². The van der Waals surface area contributed by atoms with E-state index in [2.05, 4.69) is 34.3 Å². The minimum Gasteiger partial charge on any atom is -0.466 e. The first kappa shape index (κ1) is 16.9. The molecule has 0 N–H and O–H groups in total. The molecule has 2 aromatic rings. The highest BCUT2D eigenvalue weighted by molar-refractivity contribution is 7.71. The summed E-state index contributed by atoms with van der Waals surface area (Å²) in [5.74, 6) is 0.357. The van der Waals surface area contributed by atoms with E-state index in [1.54, 1.807) is 16.2 Å². The van der Waals surface area contributed by atoms with Gasteiger partial charge in [-0.2, -0.15) is 5.10 Å². The third-order valence-electron chi connectivity index (χ3n) is 4.28. The van der Waals surface area contributed by atoms with Gasteiger partial charge in [0, 0.05) is 20.1 Å². The average Bonchev–Trinajstić information content (AvgIpc) is 2.83. The van der Waals surface area contributed by atoms with Gasteiger partial charge in [-0.3, -0.25) is 9.69 Å². The predicted octanol–water partition coefficient (Wildman–Crippen LogP) is 2.07. The van der Waals surface area contributed by atoms with Crippen molar-refractivity contribution in [3.8, 4) is 0 Å². The van der Waals surface area contributed by atoms with Crippen LogP contribution in [0.15, 0.2) is 24.3 Å². The smallest absolute Gasteiger partial charge is 0.313 e. The Morgan fingerprint density at radius 3 is 2.83 bits per heavy atom. The zero-order valence-corrected chi connectivity index (χ0v) is 14.9. The average molecular weight is 346 g/mol. The lowest BCUT2D eigenvalue weighted by molar-refractivity contribution is -0.142. The number of aromatic nitrogens is 3. The molecule has 128 valence electrons. The molecule has 1 aromatic heterocycles. The van der Waals surface area contributed by atoms with Crippen LogP contribution >= 0.6 is 12.2 Å². The Morgan fingerprint density at radius 2 is 2.08 bits per heavy atom. The number of carbonyl (C=O) groups excluding carboxylic acids is 1. The molecule has 3 rings (SSSR count). The van der Waals surface area contributed by atoms with E-state index in [0.717, 1.165) is 19.5 Å². The number of hydrogen-bond acceptors (Lipinski definition) is 5. The molecule has 0 spiro atoms. The highest BCUT2D eigenvalue weighted by atomic mass is 32.1. The van der Waals surface area contributed by atoms with E-state index >= 15 is 0 Å². The Morgan fingerprint density at radius 1 is 1.33 bits per heavy atom. The van der Waals surface area contributed by atoms with Crippen LogP contribution in [0.3, 0.4) is 0 Å². The van der Waals surface area contributed by atoms with Crippen molar-refractivity contribution in [2.75, 3.05) is 13.2 Å². The molecule has 0 radical (unpaired) electrons. The van der Waals surface area contributed by atoms with E-state index < -0.39 is 0 Å². The number of benzene rings is 1. The Balaban J connectivity index is 1.72. The maximum absolute atomic E-state index is 11.7. The van der Waals surface area contributed by atoms with Crippen molar-refractivity contribution in [1.29, 1.82) is 0 Å². The van der Waals surface area contributed by atoms with E-state index in [0.29, 0.717) is 23.9 Å². The molecular weight excluding hydrogens is 324 g/mol. The quantitative estimate of drug-likeness (QED) is 0.613. The zero-order valence-electron chi connectivity index (χ0n) is 14.1. The van der Waals surface area contributed by atoms with Crippen molar-refractivity contribution in [3.63, 3.8) is 0 Å². The van der Waals surface area contributed by atoms with E-state index in [-0.39, 0.29) is 12.4 Å². The van der Waals surface area contributed by atoms with E-state index in [4.69, 9.17) is 17.0 Å². The molecule has 0 saturated carbocycles. The van der Waals surface area contributed by atoms with Crippen molar-refractivity contribution in [2.24, 2.45) is 7.05 Å². The van der Waals surface area contributed by atoms with Crippen LogP contribution in [0.5, 0.6) is 0 Å². The van der Waals surface area contributed by atoms with Gasteiger partial charge >= 0.3 is 5.97 Å². The molecule has 24 heavy (non-hydrogen) atoms. The summed E-state index contributed by atoms with van der Waals surface area (Å²) in [7, 11) is 1.84. The lowest BCUT2D eigenvalue weighted by atomic mass is 10.0. The minimum absolute atomic E-state index is 0.143. The number of carbonyl (C=O) groups is 1. The van der Waals surface area contributed by atoms with Gasteiger partial charge in [-0.15, -0.1) is 0 Å². The maximum atomic E-state index is 11.7. The minimum atomic E-state index is -0.278. The molecular formula is C17H22N4O2S. The number of ether oxygens (including phenoxy) is 1. The van der Waals surface area contributed by atoms with Crippen molar-refractivity contribution in [2.45, 2.75) is 33.0 Å². The van der Waals surface area contributed by atoms with Crippen LogP contribution in [0.1, 0.15) is 23.9 Å². The fourth-order valence-corrected chi connectivity index (χ4v) is 3.19. The van der Waals surface area contributed by atoms with Gasteiger partial charge < -0.3 is 9.30 Å². The summed E-state index contributed by atoms with van der Waals surface area (Å²) in [6.45, 7) is 4.66. The van der Waals surface area contributed by atoms with Crippen molar-refractivity contribution >= 4 is 18.2 Å². The fraction of sp³-hybridized carbons (Fsp3) is 0.471. The van der Waals surface area contributed by atoms with Crippen LogP contribution in [0.25, 0.3) is 0 Å². The highest BCUT2D eigenvalue weighted by Crippen LogP contribution is 2.19. The molecule has 1 aliphatic rings. The molecule has 0 unspecified atom stereocenters. The van der Waals surface area contributed by atoms with Gasteiger partial charge in [0.15, 0.2) is 4.77 Å². The molecule has 0 bridgehead atoms. The SMILES string of the molecule is CCOC(=O)Cc1nn(CN2CCc3ccccc3C2)c(=S)n1C. The van der Waals surface area contributed by atoms with Gasteiger partial charge in [0.05, 0.1) is 13.3 Å². The first-order chi connectivity index (χ1) is 11.6. The molecule has 2 heterocycles. The number of nitrogens with zero attached hydrogens (tertiary/aromatic N) is 4. The molecule has 6 nitrogen and oxygen atoms in total. The number of fused-ring (bicyclic) bond motifs is 1. The topological polar surface area (TPSA) is 52.3 Å². The summed E-state index contributed by atoms with van der Waals surface area (Å²) in [6, 6.07) is 8.53. The second-order valence-corrected chi connectivity index (χ2v) is 6.32. The van der Waals surface area contributed by atoms with Crippen LogP contribution < -0.4 is 0 Å². The maximum Gasteiger partial charge on any atom is 0.313 e. The summed E-state index contributed by atoms with van der Waals surface area (Å²) in [5.41, 5.74) is 2.78. The molecule has 7 heteroatoms. The van der Waals surface area contributed by atoms with Crippen LogP contribution in [0, 0.1) is 4.77 Å². The van der Waals surface area contributed by atoms with E-state index in [1.807, 2.05) is 7.05 Å². The summed E-state index contributed by atoms with van der Waals surface area (Å²) in [6.07, 6.45) is 1.18. The second kappa shape index (κ2) is 7.27. The summed E-state index contributed by atoms with van der Waals surface area (Å²) in [4.78, 5) is 14.0. The normalized spacial score (nSPS) is 14.4. The molecule has 1 aliphatic heterocycles. The summed E-state index contributed by atoms with van der Waals surface area (Å²) >= 11 is 5.46. The first-order valence-electron chi connectivity index (χ1n) is 8.16. The monoisotopic (exact) mass is 346 g/mol. The number of esters is 1. The molecule has 0 amide bonds. The van der Waals surface area contributed by atoms with E-state index in [9.17, 15) is 4.79 Å². The zero-order chi connectivity index (χ0) is 17.1. The first-order valence-corrected chi connectivity index (χ1v) is 8.56. The predicted molar refractivity (Wildman–Crippen MR) is 92.9 cm³/mol. The van der Waals surface area contributed by atoms with Crippen LogP contribution in [-0.4, -0.2) is 38.4 Å². The van der Waals surface area contributed by atoms with Gasteiger partial charge in [0.2, 0.25) is 0 Å². The third kappa shape index (κ3) is 3.57. The van der Waals surface area contributed by atoms with Crippen LogP contribution in [0.2, 0.25) is 0 Å². The third-order valence-corrected chi connectivity index (χ3v) is 4.77.